The van der Waals surface area contributed by atoms with Gasteiger partial charge in [-0.15, -0.1) is 0 Å². The number of imidazole rings is 1. The summed E-state index contributed by atoms with van der Waals surface area (Å²) in [5.41, 5.74) is 10.2. The largest absolute Gasteiger partial charge is 0.325 e. The molecule has 2 aromatic heterocycles. The van der Waals surface area contributed by atoms with Gasteiger partial charge < -0.3 is 10.1 Å². The molecule has 3 nitrogen and oxygen atoms in total. The average Bonchev–Trinajstić information content (AvgIpc) is 2.64. The highest BCUT2D eigenvalue weighted by molar-refractivity contribution is 5.96. The van der Waals surface area contributed by atoms with Gasteiger partial charge >= 0.3 is 0 Å². The van der Waals surface area contributed by atoms with Gasteiger partial charge in [-0.2, -0.15) is 0 Å². The number of fused-ring (bicyclic) bond motifs is 3. The Balaban J connectivity index is 2.56. The molecule has 0 saturated carbocycles. The summed E-state index contributed by atoms with van der Waals surface area (Å²) in [6.45, 7) is 4.65. The van der Waals surface area contributed by atoms with E-state index in [1.165, 1.54) is 16.3 Å². The number of benzene rings is 1. The third kappa shape index (κ3) is 1.36. The number of hydrogen-bond donors (Lipinski definition) is 1. The van der Waals surface area contributed by atoms with Crippen LogP contribution in [0.5, 0.6) is 0 Å². The number of nitrogens with zero attached hydrogens (tertiary/aromatic N) is 2. The van der Waals surface area contributed by atoms with Crippen LogP contribution in [0.15, 0.2) is 30.5 Å². The van der Waals surface area contributed by atoms with Crippen LogP contribution in [-0.4, -0.2) is 9.38 Å². The summed E-state index contributed by atoms with van der Waals surface area (Å²) < 4.78 is 2.10. The first-order valence-electron chi connectivity index (χ1n) is 5.78. The lowest BCUT2D eigenvalue weighted by Gasteiger charge is -2.05. The number of pyridine rings is 1. The Bertz CT molecular complexity index is 710. The van der Waals surface area contributed by atoms with Crippen molar-refractivity contribution in [1.82, 2.24) is 9.38 Å². The van der Waals surface area contributed by atoms with Crippen molar-refractivity contribution >= 4 is 16.4 Å². The monoisotopic (exact) mass is 225 g/mol. The second-order valence-corrected chi connectivity index (χ2v) is 4.40. The summed E-state index contributed by atoms with van der Waals surface area (Å²) in [4.78, 5) is 4.66. The third-order valence-electron chi connectivity index (χ3n) is 3.34. The molecule has 0 spiro atoms. The van der Waals surface area contributed by atoms with Crippen LogP contribution in [0.2, 0.25) is 0 Å². The Hall–Kier alpha value is -1.87. The van der Waals surface area contributed by atoms with Crippen LogP contribution in [0.4, 0.5) is 0 Å². The Labute approximate surface area is 99.9 Å². The van der Waals surface area contributed by atoms with Gasteiger partial charge in [0.25, 0.3) is 0 Å². The van der Waals surface area contributed by atoms with Gasteiger partial charge in [0.05, 0.1) is 11.4 Å². The second-order valence-electron chi connectivity index (χ2n) is 4.40. The molecule has 1 aromatic carbocycles. The molecule has 0 fully saturated rings. The minimum Gasteiger partial charge on any atom is -0.325 e. The fourth-order valence-corrected chi connectivity index (χ4v) is 2.45. The van der Waals surface area contributed by atoms with Crippen molar-refractivity contribution < 1.29 is 0 Å². The van der Waals surface area contributed by atoms with Crippen LogP contribution in [0.3, 0.4) is 0 Å². The van der Waals surface area contributed by atoms with E-state index in [0.717, 1.165) is 17.0 Å². The summed E-state index contributed by atoms with van der Waals surface area (Å²) in [6.07, 6.45) is 2.05. The molecule has 0 radical (unpaired) electrons. The maximum atomic E-state index is 5.78. The molecule has 3 heteroatoms. The minimum atomic E-state index is 0.518. The number of aryl methyl sites for hydroxylation is 2. The van der Waals surface area contributed by atoms with Gasteiger partial charge in [-0.05, 0) is 30.9 Å². The van der Waals surface area contributed by atoms with Gasteiger partial charge in [-0.25, -0.2) is 4.98 Å². The standard InChI is InChI=1S/C14H15N3/c1-9-4-3-5-11-6-7-17-12(8-15)10(2)16-14(17)13(9)11/h3-7H,8,15H2,1-2H3. The van der Waals surface area contributed by atoms with Gasteiger partial charge in [0.1, 0.15) is 5.65 Å². The summed E-state index contributed by atoms with van der Waals surface area (Å²) >= 11 is 0. The van der Waals surface area contributed by atoms with Crippen molar-refractivity contribution in [3.8, 4) is 0 Å². The first-order valence-corrected chi connectivity index (χ1v) is 5.78. The highest BCUT2D eigenvalue weighted by Gasteiger charge is 2.10. The average molecular weight is 225 g/mol. The molecular formula is C14H15N3. The number of nitrogens with two attached hydrogens (primary N) is 1. The first-order chi connectivity index (χ1) is 8.22. The number of aromatic nitrogens is 2. The molecular weight excluding hydrogens is 210 g/mol. The Morgan fingerprint density at radius 3 is 2.82 bits per heavy atom. The lowest BCUT2D eigenvalue weighted by atomic mass is 10.1. The van der Waals surface area contributed by atoms with Gasteiger partial charge in [0, 0.05) is 18.1 Å². The Morgan fingerprint density at radius 1 is 1.24 bits per heavy atom. The van der Waals surface area contributed by atoms with Crippen LogP contribution < -0.4 is 5.73 Å². The molecule has 0 saturated heterocycles. The van der Waals surface area contributed by atoms with E-state index in [-0.39, 0.29) is 0 Å². The molecule has 0 aliphatic carbocycles. The Kier molecular flexibility index (Phi) is 2.16. The van der Waals surface area contributed by atoms with Crippen LogP contribution in [-0.2, 0) is 6.54 Å². The lowest BCUT2D eigenvalue weighted by molar-refractivity contribution is 0.945. The Morgan fingerprint density at radius 2 is 2.06 bits per heavy atom. The van der Waals surface area contributed by atoms with E-state index < -0.39 is 0 Å². The SMILES string of the molecule is Cc1nc2c3c(C)cccc3ccn2c1CN. The van der Waals surface area contributed by atoms with Crippen molar-refractivity contribution in [3.63, 3.8) is 0 Å². The van der Waals surface area contributed by atoms with Crippen molar-refractivity contribution in [2.24, 2.45) is 5.73 Å². The molecule has 86 valence electrons. The van der Waals surface area contributed by atoms with Crippen LogP contribution in [0, 0.1) is 13.8 Å². The first kappa shape index (κ1) is 10.3. The summed E-state index contributed by atoms with van der Waals surface area (Å²) in [5.74, 6) is 0. The van der Waals surface area contributed by atoms with Gasteiger partial charge in [-0.3, -0.25) is 0 Å². The fraction of sp³-hybridized carbons (Fsp3) is 0.214. The molecule has 0 amide bonds. The van der Waals surface area contributed by atoms with Crippen LogP contribution >= 0.6 is 0 Å². The maximum absolute atomic E-state index is 5.78. The zero-order chi connectivity index (χ0) is 12.0. The fourth-order valence-electron chi connectivity index (χ4n) is 2.45. The highest BCUT2D eigenvalue weighted by Crippen LogP contribution is 2.24. The molecule has 0 unspecified atom stereocenters. The van der Waals surface area contributed by atoms with E-state index in [9.17, 15) is 0 Å². The van der Waals surface area contributed by atoms with E-state index in [1.54, 1.807) is 0 Å². The maximum Gasteiger partial charge on any atom is 0.145 e. The quantitative estimate of drug-likeness (QED) is 0.691. The predicted molar refractivity (Wildman–Crippen MR) is 70.1 cm³/mol. The highest BCUT2D eigenvalue weighted by atomic mass is 15.0. The third-order valence-corrected chi connectivity index (χ3v) is 3.34. The lowest BCUT2D eigenvalue weighted by Crippen LogP contribution is -2.02. The zero-order valence-corrected chi connectivity index (χ0v) is 10.1. The van der Waals surface area contributed by atoms with E-state index in [2.05, 4.69) is 46.8 Å². The predicted octanol–water partition coefficient (Wildman–Crippen LogP) is 2.56. The van der Waals surface area contributed by atoms with Crippen molar-refractivity contribution in [2.75, 3.05) is 0 Å². The summed E-state index contributed by atoms with van der Waals surface area (Å²) in [7, 11) is 0. The van der Waals surface area contributed by atoms with E-state index in [1.807, 2.05) is 6.92 Å². The molecule has 0 aliphatic rings. The van der Waals surface area contributed by atoms with Crippen LogP contribution in [0.25, 0.3) is 16.4 Å². The van der Waals surface area contributed by atoms with Crippen LogP contribution in [0.1, 0.15) is 17.0 Å². The molecule has 0 aliphatic heterocycles. The molecule has 2 heterocycles. The van der Waals surface area contributed by atoms with Crippen molar-refractivity contribution in [3.05, 3.63) is 47.4 Å². The summed E-state index contributed by atoms with van der Waals surface area (Å²) in [6, 6.07) is 8.44. The molecule has 3 rings (SSSR count). The molecule has 17 heavy (non-hydrogen) atoms. The van der Waals surface area contributed by atoms with Gasteiger partial charge in [0.15, 0.2) is 0 Å². The van der Waals surface area contributed by atoms with Gasteiger partial charge in [0.2, 0.25) is 0 Å². The molecule has 0 bridgehead atoms. The normalized spacial score (nSPS) is 11.5. The van der Waals surface area contributed by atoms with Crippen molar-refractivity contribution in [1.29, 1.82) is 0 Å². The number of hydrogen-bond acceptors (Lipinski definition) is 2. The van der Waals surface area contributed by atoms with E-state index >= 15 is 0 Å². The zero-order valence-electron chi connectivity index (χ0n) is 10.1. The topological polar surface area (TPSA) is 43.3 Å². The van der Waals surface area contributed by atoms with E-state index in [0.29, 0.717) is 6.54 Å². The summed E-state index contributed by atoms with van der Waals surface area (Å²) in [5, 5.41) is 2.45. The molecule has 0 atom stereocenters. The molecule has 2 N–H and O–H groups in total. The molecule has 3 aromatic rings. The smallest absolute Gasteiger partial charge is 0.145 e. The number of rotatable bonds is 1. The van der Waals surface area contributed by atoms with Gasteiger partial charge in [-0.1, -0.05) is 18.2 Å². The van der Waals surface area contributed by atoms with E-state index in [4.69, 9.17) is 5.73 Å². The minimum absolute atomic E-state index is 0.518. The van der Waals surface area contributed by atoms with Crippen molar-refractivity contribution in [2.45, 2.75) is 20.4 Å². The second kappa shape index (κ2) is 3.57.